The molecule has 1 saturated heterocycles. The van der Waals surface area contributed by atoms with Crippen LogP contribution in [-0.4, -0.2) is 13.1 Å². The second-order valence-electron chi connectivity index (χ2n) is 3.88. The molecule has 0 spiro atoms. The summed E-state index contributed by atoms with van der Waals surface area (Å²) in [6.45, 7) is 2.26. The maximum Gasteiger partial charge on any atom is 0.0991 e. The van der Waals surface area contributed by atoms with Gasteiger partial charge in [0, 0.05) is 0 Å². The molecule has 0 radical (unpaired) electrons. The quantitative estimate of drug-likeness (QED) is 0.763. The third-order valence-corrected chi connectivity index (χ3v) is 2.74. The molecule has 1 heterocycles. The topological polar surface area (TPSA) is 35.8 Å². The van der Waals surface area contributed by atoms with Gasteiger partial charge in [-0.05, 0) is 49.5 Å². The smallest absolute Gasteiger partial charge is 0.0991 e. The lowest BCUT2D eigenvalue weighted by Crippen LogP contribution is -2.10. The molecule has 0 bridgehead atoms. The van der Waals surface area contributed by atoms with E-state index in [2.05, 4.69) is 17.5 Å². The molecule has 0 aromatic heterocycles. The Morgan fingerprint density at radius 1 is 1.50 bits per heavy atom. The van der Waals surface area contributed by atoms with Crippen molar-refractivity contribution in [3.63, 3.8) is 0 Å². The predicted molar refractivity (Wildman–Crippen MR) is 55.8 cm³/mol. The van der Waals surface area contributed by atoms with Gasteiger partial charge in [0.25, 0.3) is 0 Å². The summed E-state index contributed by atoms with van der Waals surface area (Å²) in [6, 6.07) is 10.1. The van der Waals surface area contributed by atoms with Crippen molar-refractivity contribution in [3.05, 3.63) is 35.4 Å². The molecule has 1 aromatic carbocycles. The largest absolute Gasteiger partial charge is 0.316 e. The van der Waals surface area contributed by atoms with Crippen molar-refractivity contribution in [2.75, 3.05) is 13.1 Å². The number of benzene rings is 1. The van der Waals surface area contributed by atoms with E-state index >= 15 is 0 Å². The lowest BCUT2D eigenvalue weighted by molar-refractivity contribution is 0.580. The van der Waals surface area contributed by atoms with Crippen molar-refractivity contribution >= 4 is 0 Å². The summed E-state index contributed by atoms with van der Waals surface area (Å²) in [6.07, 6.45) is 2.36. The number of nitrogens with zero attached hydrogens (tertiary/aromatic N) is 1. The molecule has 14 heavy (non-hydrogen) atoms. The second kappa shape index (κ2) is 4.26. The fraction of sp³-hybridized carbons (Fsp3) is 0.417. The second-order valence-corrected chi connectivity index (χ2v) is 3.88. The van der Waals surface area contributed by atoms with E-state index in [9.17, 15) is 0 Å². The van der Waals surface area contributed by atoms with Crippen molar-refractivity contribution in [1.82, 2.24) is 5.32 Å². The van der Waals surface area contributed by atoms with Gasteiger partial charge in [-0.1, -0.05) is 12.1 Å². The number of hydrogen-bond donors (Lipinski definition) is 1. The molecule has 2 rings (SSSR count). The van der Waals surface area contributed by atoms with E-state index in [0.717, 1.165) is 31.0 Å². The molecular weight excluding hydrogens is 172 g/mol. The number of nitriles is 1. The van der Waals surface area contributed by atoms with Gasteiger partial charge in [-0.25, -0.2) is 0 Å². The van der Waals surface area contributed by atoms with Gasteiger partial charge in [-0.2, -0.15) is 5.26 Å². The van der Waals surface area contributed by atoms with Gasteiger partial charge in [0.1, 0.15) is 0 Å². The van der Waals surface area contributed by atoms with Gasteiger partial charge in [-0.15, -0.1) is 0 Å². The molecule has 1 aliphatic rings. The van der Waals surface area contributed by atoms with E-state index in [1.807, 2.05) is 18.2 Å². The molecule has 0 aliphatic carbocycles. The highest BCUT2D eigenvalue weighted by atomic mass is 14.9. The summed E-state index contributed by atoms with van der Waals surface area (Å²) >= 11 is 0. The molecule has 1 fully saturated rings. The SMILES string of the molecule is N#Cc1cccc(C[C@@H]2CCNC2)c1. The maximum absolute atomic E-state index is 8.76. The summed E-state index contributed by atoms with van der Waals surface area (Å²) in [5.74, 6) is 0.754. The zero-order chi connectivity index (χ0) is 9.80. The third kappa shape index (κ3) is 2.12. The minimum absolute atomic E-state index is 0.754. The van der Waals surface area contributed by atoms with Crippen molar-refractivity contribution in [2.45, 2.75) is 12.8 Å². The van der Waals surface area contributed by atoms with Crippen LogP contribution in [0.5, 0.6) is 0 Å². The monoisotopic (exact) mass is 186 g/mol. The Balaban J connectivity index is 2.05. The standard InChI is InChI=1S/C12H14N2/c13-8-11-3-1-2-10(6-11)7-12-4-5-14-9-12/h1-3,6,12,14H,4-5,7,9H2/t12-/m0/s1. The van der Waals surface area contributed by atoms with Crippen molar-refractivity contribution < 1.29 is 0 Å². The van der Waals surface area contributed by atoms with E-state index in [0.29, 0.717) is 0 Å². The van der Waals surface area contributed by atoms with E-state index in [4.69, 9.17) is 5.26 Å². The van der Waals surface area contributed by atoms with Gasteiger partial charge in [0.05, 0.1) is 11.6 Å². The summed E-state index contributed by atoms with van der Waals surface area (Å²) in [5.41, 5.74) is 2.06. The first-order valence-corrected chi connectivity index (χ1v) is 5.08. The van der Waals surface area contributed by atoms with E-state index in [1.165, 1.54) is 12.0 Å². The summed E-state index contributed by atoms with van der Waals surface area (Å²) < 4.78 is 0. The van der Waals surface area contributed by atoms with Gasteiger partial charge in [0.2, 0.25) is 0 Å². The van der Waals surface area contributed by atoms with Crippen LogP contribution >= 0.6 is 0 Å². The molecule has 0 amide bonds. The Morgan fingerprint density at radius 3 is 3.14 bits per heavy atom. The first kappa shape index (κ1) is 9.23. The van der Waals surface area contributed by atoms with Crippen molar-refractivity contribution in [3.8, 4) is 6.07 Å². The lowest BCUT2D eigenvalue weighted by Gasteiger charge is -2.07. The minimum atomic E-state index is 0.754. The molecule has 1 aromatic rings. The summed E-state index contributed by atoms with van der Waals surface area (Å²) in [7, 11) is 0. The molecule has 1 N–H and O–H groups in total. The molecule has 0 saturated carbocycles. The summed E-state index contributed by atoms with van der Waals surface area (Å²) in [5, 5.41) is 12.1. The van der Waals surface area contributed by atoms with Crippen LogP contribution in [0.15, 0.2) is 24.3 Å². The van der Waals surface area contributed by atoms with Crippen LogP contribution in [-0.2, 0) is 6.42 Å². The predicted octanol–water partition coefficient (Wildman–Crippen LogP) is 1.71. The molecular formula is C12H14N2. The highest BCUT2D eigenvalue weighted by Crippen LogP contribution is 2.15. The van der Waals surface area contributed by atoms with Gasteiger partial charge in [0.15, 0.2) is 0 Å². The third-order valence-electron chi connectivity index (χ3n) is 2.74. The van der Waals surface area contributed by atoms with Gasteiger partial charge >= 0.3 is 0 Å². The van der Waals surface area contributed by atoms with Crippen molar-refractivity contribution in [2.24, 2.45) is 5.92 Å². The number of hydrogen-bond acceptors (Lipinski definition) is 2. The molecule has 1 aliphatic heterocycles. The Labute approximate surface area is 84.6 Å². The average Bonchev–Trinajstić information content (AvgIpc) is 2.71. The van der Waals surface area contributed by atoms with Crippen molar-refractivity contribution in [1.29, 1.82) is 5.26 Å². The zero-order valence-electron chi connectivity index (χ0n) is 8.16. The van der Waals surface area contributed by atoms with Gasteiger partial charge < -0.3 is 5.32 Å². The molecule has 2 nitrogen and oxygen atoms in total. The highest BCUT2D eigenvalue weighted by molar-refractivity contribution is 5.32. The van der Waals surface area contributed by atoms with E-state index < -0.39 is 0 Å². The normalized spacial score (nSPS) is 20.6. The van der Waals surface area contributed by atoms with Crippen LogP contribution in [0, 0.1) is 17.2 Å². The molecule has 2 heteroatoms. The van der Waals surface area contributed by atoms with Crippen LogP contribution in [0.25, 0.3) is 0 Å². The first-order chi connectivity index (χ1) is 6.88. The van der Waals surface area contributed by atoms with E-state index in [-0.39, 0.29) is 0 Å². The fourth-order valence-electron chi connectivity index (χ4n) is 1.99. The summed E-state index contributed by atoms with van der Waals surface area (Å²) in [4.78, 5) is 0. The Bertz CT molecular complexity index is 346. The Hall–Kier alpha value is -1.33. The lowest BCUT2D eigenvalue weighted by atomic mass is 9.98. The van der Waals surface area contributed by atoms with Crippen LogP contribution in [0.1, 0.15) is 17.5 Å². The molecule has 72 valence electrons. The molecule has 0 unspecified atom stereocenters. The highest BCUT2D eigenvalue weighted by Gasteiger charge is 2.14. The van der Waals surface area contributed by atoms with Crippen LogP contribution < -0.4 is 5.32 Å². The average molecular weight is 186 g/mol. The van der Waals surface area contributed by atoms with E-state index in [1.54, 1.807) is 0 Å². The Morgan fingerprint density at radius 2 is 2.43 bits per heavy atom. The van der Waals surface area contributed by atoms with Crippen LogP contribution in [0.2, 0.25) is 0 Å². The van der Waals surface area contributed by atoms with Gasteiger partial charge in [-0.3, -0.25) is 0 Å². The number of rotatable bonds is 2. The number of nitrogens with one attached hydrogen (secondary N) is 1. The minimum Gasteiger partial charge on any atom is -0.316 e. The zero-order valence-corrected chi connectivity index (χ0v) is 8.16. The fourth-order valence-corrected chi connectivity index (χ4v) is 1.99. The van der Waals surface area contributed by atoms with Crippen LogP contribution in [0.3, 0.4) is 0 Å². The van der Waals surface area contributed by atoms with Crippen LogP contribution in [0.4, 0.5) is 0 Å². The maximum atomic E-state index is 8.76. The first-order valence-electron chi connectivity index (χ1n) is 5.08. The molecule has 1 atom stereocenters. The Kier molecular flexibility index (Phi) is 2.81.